The van der Waals surface area contributed by atoms with E-state index in [4.69, 9.17) is 30.9 Å². The molecule has 368 valence electrons. The minimum absolute atomic E-state index is 0.0285. The number of aromatic nitrogens is 3. The summed E-state index contributed by atoms with van der Waals surface area (Å²) < 4.78 is 7.17. The van der Waals surface area contributed by atoms with Crippen molar-refractivity contribution in [3.05, 3.63) is 107 Å². The number of carbonyl (C=O) groups excluding carboxylic acids is 2. The van der Waals surface area contributed by atoms with Crippen molar-refractivity contribution in [3.63, 3.8) is 0 Å². The molecule has 3 fully saturated rings. The van der Waals surface area contributed by atoms with Gasteiger partial charge in [0.25, 0.3) is 5.91 Å². The van der Waals surface area contributed by atoms with Crippen molar-refractivity contribution in [1.29, 1.82) is 5.26 Å². The Morgan fingerprint density at radius 1 is 1.01 bits per heavy atom. The first kappa shape index (κ1) is 49.7. The number of aliphatic imine (C=N–C) groups is 1. The minimum atomic E-state index is 0.0285. The van der Waals surface area contributed by atoms with E-state index in [1.165, 1.54) is 42.9 Å². The molecular formula is C56H70N10O4. The molecule has 0 bridgehead atoms. The Morgan fingerprint density at radius 2 is 1.76 bits per heavy atom. The molecule has 9 rings (SSSR count). The van der Waals surface area contributed by atoms with Gasteiger partial charge in [-0.1, -0.05) is 52.8 Å². The highest BCUT2D eigenvalue weighted by molar-refractivity contribution is 6.10. The van der Waals surface area contributed by atoms with Crippen LogP contribution < -0.4 is 20.7 Å². The van der Waals surface area contributed by atoms with Crippen LogP contribution in [0.2, 0.25) is 0 Å². The summed E-state index contributed by atoms with van der Waals surface area (Å²) in [6, 6.07) is 23.4. The lowest BCUT2D eigenvalue weighted by molar-refractivity contribution is -0.129. The predicted octanol–water partition coefficient (Wildman–Crippen LogP) is 8.63. The van der Waals surface area contributed by atoms with Gasteiger partial charge in [-0.2, -0.15) is 10.4 Å². The van der Waals surface area contributed by atoms with Crippen LogP contribution in [0.1, 0.15) is 106 Å². The fourth-order valence-corrected chi connectivity index (χ4v) is 12.0. The van der Waals surface area contributed by atoms with E-state index in [1.807, 2.05) is 29.3 Å². The lowest BCUT2D eigenvalue weighted by Gasteiger charge is -2.57. The summed E-state index contributed by atoms with van der Waals surface area (Å²) in [6.07, 6.45) is 10.4. The smallest absolute Gasteiger partial charge is 0.251 e. The second-order valence-electron chi connectivity index (χ2n) is 21.1. The molecule has 2 aromatic heterocycles. The normalized spacial score (nSPS) is 20.5. The number of nitriles is 1. The number of likely N-dealkylation sites (tertiary alicyclic amines) is 1. The van der Waals surface area contributed by atoms with Gasteiger partial charge in [0.15, 0.2) is 0 Å². The first-order chi connectivity index (χ1) is 33.5. The number of hydrogen-bond acceptors (Lipinski definition) is 11. The van der Waals surface area contributed by atoms with Crippen LogP contribution in [0, 0.1) is 34.0 Å². The number of allylic oxidation sites excluding steroid dienone is 1. The zero-order chi connectivity index (χ0) is 49.9. The lowest BCUT2D eigenvalue weighted by atomic mass is 9.52. The van der Waals surface area contributed by atoms with Crippen LogP contribution in [-0.2, 0) is 17.8 Å². The van der Waals surface area contributed by atoms with Crippen LogP contribution in [0.5, 0.6) is 11.5 Å². The molecule has 3 aromatic carbocycles. The number of nitrogens with one attached hydrogen (secondary N) is 1. The highest BCUT2D eigenvalue weighted by atomic mass is 16.5. The number of phenols is 1. The molecule has 1 saturated carbocycles. The molecule has 0 radical (unpaired) electrons. The van der Waals surface area contributed by atoms with E-state index in [-0.39, 0.29) is 34.4 Å². The van der Waals surface area contributed by atoms with Gasteiger partial charge >= 0.3 is 0 Å². The summed E-state index contributed by atoms with van der Waals surface area (Å²) in [5, 5.41) is 28.3. The van der Waals surface area contributed by atoms with E-state index in [2.05, 4.69) is 95.8 Å². The number of hydrogen-bond donors (Lipinski definition) is 3. The molecule has 1 unspecified atom stereocenters. The summed E-state index contributed by atoms with van der Waals surface area (Å²) in [5.74, 6) is 1.84. The maximum atomic E-state index is 13.2. The Bertz CT molecular complexity index is 2800. The Labute approximate surface area is 413 Å². The molecule has 14 nitrogen and oxygen atoms in total. The van der Waals surface area contributed by atoms with E-state index >= 15 is 0 Å². The number of pyridine rings is 1. The average molecular weight is 947 g/mol. The fraction of sp³-hybridized carbons (Fsp3) is 0.464. The van der Waals surface area contributed by atoms with Gasteiger partial charge in [-0.3, -0.25) is 24.2 Å². The maximum Gasteiger partial charge on any atom is 0.251 e. The van der Waals surface area contributed by atoms with Crippen LogP contribution >= 0.6 is 0 Å². The number of phenolic OH excluding ortho intramolecular Hbond substituents is 1. The molecule has 1 aliphatic carbocycles. The number of benzene rings is 3. The van der Waals surface area contributed by atoms with Crippen molar-refractivity contribution >= 4 is 40.1 Å². The third kappa shape index (κ3) is 10.4. The van der Waals surface area contributed by atoms with Gasteiger partial charge in [0.1, 0.15) is 17.6 Å². The summed E-state index contributed by atoms with van der Waals surface area (Å²) >= 11 is 0. The molecular weight excluding hydrogens is 877 g/mol. The number of carbonyl (C=O) groups is 2. The van der Waals surface area contributed by atoms with Crippen molar-refractivity contribution in [2.75, 3.05) is 58.3 Å². The van der Waals surface area contributed by atoms with Gasteiger partial charge in [-0.15, -0.1) is 0 Å². The topological polar surface area (TPSA) is 178 Å². The number of amides is 2. The first-order valence-corrected chi connectivity index (χ1v) is 24.8. The Balaban J connectivity index is 0.000000529. The molecule has 3 aliphatic heterocycles. The van der Waals surface area contributed by atoms with Gasteiger partial charge in [0, 0.05) is 136 Å². The molecule has 2 saturated heterocycles. The molecule has 70 heavy (non-hydrogen) atoms. The number of nitrogens with two attached hydrogens (primary N) is 1. The Kier molecular flexibility index (Phi) is 14.7. The van der Waals surface area contributed by atoms with Gasteiger partial charge < -0.3 is 35.6 Å². The number of aromatic hydroxyl groups is 1. The highest BCUT2D eigenvalue weighted by Gasteiger charge is 2.53. The van der Waals surface area contributed by atoms with E-state index < -0.39 is 0 Å². The molecule has 2 atom stereocenters. The SMILES string of the molecule is CN=C/C(=C\N)c1cc2cccc(-c3nn(C4CCN(CC5CCN(c6ccc(C(=O)NC7C(C)(C)CC7(C)C)cc6)C[C@@H]5C)CC4)c4c3CN(C(C)=O)CC4)c2cn1.COc1cc(O)ccc1C#N. The van der Waals surface area contributed by atoms with E-state index in [9.17, 15) is 9.59 Å². The summed E-state index contributed by atoms with van der Waals surface area (Å²) in [4.78, 5) is 41.9. The zero-order valence-corrected chi connectivity index (χ0v) is 42.2. The van der Waals surface area contributed by atoms with E-state index in [0.717, 1.165) is 109 Å². The van der Waals surface area contributed by atoms with Crippen molar-refractivity contribution in [3.8, 4) is 28.8 Å². The summed E-state index contributed by atoms with van der Waals surface area (Å²) in [7, 11) is 3.18. The zero-order valence-electron chi connectivity index (χ0n) is 42.2. The maximum absolute atomic E-state index is 13.2. The largest absolute Gasteiger partial charge is 0.508 e. The predicted molar refractivity (Wildman–Crippen MR) is 278 cm³/mol. The van der Waals surface area contributed by atoms with E-state index in [0.29, 0.717) is 42.3 Å². The van der Waals surface area contributed by atoms with Crippen LogP contribution in [0.3, 0.4) is 0 Å². The number of ether oxygens (including phenoxy) is 1. The van der Waals surface area contributed by atoms with Crippen LogP contribution in [0.25, 0.3) is 27.6 Å². The van der Waals surface area contributed by atoms with Gasteiger partial charge in [-0.05, 0) is 96.2 Å². The van der Waals surface area contributed by atoms with Crippen LogP contribution in [-0.4, -0.2) is 107 Å². The number of methoxy groups -OCH3 is 1. The van der Waals surface area contributed by atoms with Crippen LogP contribution in [0.15, 0.2) is 84.1 Å². The molecule has 4 aliphatic rings. The molecule has 4 N–H and O–H groups in total. The number of rotatable bonds is 10. The monoisotopic (exact) mass is 947 g/mol. The second-order valence-corrected chi connectivity index (χ2v) is 21.1. The standard InChI is InChI=1S/C48H63N9O2.C8H7NO2/c1-31-27-56(37-13-11-33(12-14-37)45(59)52-46-47(3,4)30-48(46,5)6)21-15-35(31)28-54-19-16-38(17-20-54)57-43-18-22-55(32(2)58)29-41(43)44(53-57)39-10-8-9-34-23-42(51-26-40(34)39)36(24-49)25-50-7;1-11-8-4-7(10)3-2-6(8)5-9/h8-14,23-26,31,35,38,46H,15-22,27-30,49H2,1-7H3,(H,52,59);2-4,10H,1H3/b36-24+,50-25?;/t31-,35?;/m0./s1. The van der Waals surface area contributed by atoms with Gasteiger partial charge in [0.05, 0.1) is 30.1 Å². The fourth-order valence-electron chi connectivity index (χ4n) is 12.0. The molecule has 5 aromatic rings. The summed E-state index contributed by atoms with van der Waals surface area (Å²) in [5.41, 5.74) is 14.5. The van der Waals surface area contributed by atoms with Crippen molar-refractivity contribution in [2.24, 2.45) is 33.4 Å². The third-order valence-electron chi connectivity index (χ3n) is 15.3. The minimum Gasteiger partial charge on any atom is -0.508 e. The van der Waals surface area contributed by atoms with Gasteiger partial charge in [-0.25, -0.2) is 0 Å². The first-order valence-electron chi connectivity index (χ1n) is 24.8. The average Bonchev–Trinajstić information content (AvgIpc) is 3.73. The number of fused-ring (bicyclic) bond motifs is 2. The quantitative estimate of drug-likeness (QED) is 0.115. The Morgan fingerprint density at radius 3 is 2.40 bits per heavy atom. The number of anilines is 1. The van der Waals surface area contributed by atoms with E-state index in [1.54, 1.807) is 20.2 Å². The van der Waals surface area contributed by atoms with Gasteiger partial charge in [0.2, 0.25) is 5.91 Å². The van der Waals surface area contributed by atoms with Crippen molar-refractivity contribution in [2.45, 2.75) is 92.3 Å². The second kappa shape index (κ2) is 20.7. The Hall–Kier alpha value is -6.72. The lowest BCUT2D eigenvalue weighted by Crippen LogP contribution is -2.63. The highest BCUT2D eigenvalue weighted by Crippen LogP contribution is 2.53. The van der Waals surface area contributed by atoms with Crippen LogP contribution in [0.4, 0.5) is 5.69 Å². The summed E-state index contributed by atoms with van der Waals surface area (Å²) in [6.45, 7) is 19.6. The number of nitrogens with zero attached hydrogens (tertiary/aromatic N) is 8. The molecule has 14 heteroatoms. The van der Waals surface area contributed by atoms with Crippen molar-refractivity contribution in [1.82, 2.24) is 29.9 Å². The molecule has 2 amide bonds. The third-order valence-corrected chi connectivity index (χ3v) is 15.3. The molecule has 0 spiro atoms. The van der Waals surface area contributed by atoms with Crippen molar-refractivity contribution < 1.29 is 19.4 Å². The molecule has 5 heterocycles. The number of piperidine rings is 2.